The van der Waals surface area contributed by atoms with Gasteiger partial charge in [0.2, 0.25) is 5.95 Å². The summed E-state index contributed by atoms with van der Waals surface area (Å²) in [6.45, 7) is 21.3. The van der Waals surface area contributed by atoms with E-state index in [1.165, 1.54) is 0 Å². The van der Waals surface area contributed by atoms with Crippen LogP contribution in [-0.2, 0) is 47.0 Å². The van der Waals surface area contributed by atoms with Crippen molar-refractivity contribution in [3.8, 4) is 5.69 Å². The molecule has 1 fully saturated rings. The molecule has 0 aromatic carbocycles. The van der Waals surface area contributed by atoms with Gasteiger partial charge in [-0.25, -0.2) is 14.6 Å². The van der Waals surface area contributed by atoms with E-state index in [9.17, 15) is 9.59 Å². The molecule has 11 nitrogen and oxygen atoms in total. The number of carbonyl (C=O) groups excluding carboxylic acids is 2. The minimum atomic E-state index is -0.275. The molecule has 211 valence electrons. The summed E-state index contributed by atoms with van der Waals surface area (Å²) in [6, 6.07) is 0. The maximum atomic E-state index is 11.3. The van der Waals surface area contributed by atoms with Gasteiger partial charge in [-0.1, -0.05) is 53.7 Å². The summed E-state index contributed by atoms with van der Waals surface area (Å²) in [6.07, 6.45) is 7.18. The molecule has 0 unspecified atom stereocenters. The number of aliphatic hydroxyl groups excluding tert-OH is 1. The number of hydrogen-bond donors (Lipinski definition) is 1. The third-order valence-electron chi connectivity index (χ3n) is 4.77. The summed E-state index contributed by atoms with van der Waals surface area (Å²) in [5.41, 5.74) is 0.987. The van der Waals surface area contributed by atoms with Crippen LogP contribution in [0.15, 0.2) is 24.8 Å². The fourth-order valence-electron chi connectivity index (χ4n) is 2.80. The smallest absolute Gasteiger partial charge is 0.225 e. The third-order valence-corrected chi connectivity index (χ3v) is 4.77. The summed E-state index contributed by atoms with van der Waals surface area (Å²) in [5.74, 6) is 0.720. The van der Waals surface area contributed by atoms with Crippen molar-refractivity contribution in [3.63, 3.8) is 0 Å². The summed E-state index contributed by atoms with van der Waals surface area (Å²) in [7, 11) is 0. The molecule has 0 saturated carbocycles. The van der Waals surface area contributed by atoms with Gasteiger partial charge in [0, 0.05) is 70.7 Å². The standard InChI is InChI=1S/C12H14N7O.C9H18O3.C5H12.Y/c1-10(20)17-4-6-18(7-5-17)12-13-8-11(9-14-12)19-3-2-15-16-19;1-9(2,3)8(11)4-6-12-7-5-10;1-5(2,3)4;/h2-3,8-9H,1,4-7H2;10H,4-7H2,1-3H3;1-4H3;/q-1;;;. The Morgan fingerprint density at radius 1 is 1.00 bits per heavy atom. The number of aromatic nitrogens is 5. The zero-order valence-corrected chi connectivity index (χ0v) is 26.9. The third kappa shape index (κ3) is 15.5. The fourth-order valence-corrected chi connectivity index (χ4v) is 2.80. The molecule has 1 aliphatic rings. The molecule has 3 rings (SSSR count). The van der Waals surface area contributed by atoms with E-state index in [0.29, 0.717) is 57.2 Å². The molecule has 3 heterocycles. The summed E-state index contributed by atoms with van der Waals surface area (Å²) in [5, 5.41) is 16.0. The number of Topliss-reactive ketones (excluding diaryl/α,β-unsaturated/α-hetero) is 1. The van der Waals surface area contributed by atoms with Crippen molar-refractivity contribution in [2.45, 2.75) is 54.9 Å². The van der Waals surface area contributed by atoms with Gasteiger partial charge >= 0.3 is 0 Å². The van der Waals surface area contributed by atoms with Crippen molar-refractivity contribution in [1.29, 1.82) is 0 Å². The molecule has 2 aromatic heterocycles. The van der Waals surface area contributed by atoms with Crippen LogP contribution < -0.4 is 4.90 Å². The summed E-state index contributed by atoms with van der Waals surface area (Å²) < 4.78 is 6.58. The van der Waals surface area contributed by atoms with Crippen molar-refractivity contribution in [1.82, 2.24) is 29.9 Å². The van der Waals surface area contributed by atoms with E-state index < -0.39 is 0 Å². The molecule has 1 amide bonds. The van der Waals surface area contributed by atoms with Gasteiger partial charge in [0.1, 0.15) is 11.5 Å². The van der Waals surface area contributed by atoms with E-state index in [2.05, 4.69) is 54.9 Å². The minimum Gasteiger partial charge on any atom is -0.394 e. The van der Waals surface area contributed by atoms with Crippen molar-refractivity contribution in [3.05, 3.63) is 31.7 Å². The Morgan fingerprint density at radius 3 is 1.97 bits per heavy atom. The number of carbonyl (C=O) groups is 2. The molecular formula is C26H44N7O4Y-. The first-order chi connectivity index (χ1) is 17.2. The molecule has 1 aliphatic heterocycles. The maximum absolute atomic E-state index is 11.3. The van der Waals surface area contributed by atoms with Crippen LogP contribution in [0, 0.1) is 17.8 Å². The number of piperazine rings is 1. The van der Waals surface area contributed by atoms with E-state index in [4.69, 9.17) is 9.84 Å². The van der Waals surface area contributed by atoms with Gasteiger partial charge in [0.15, 0.2) is 0 Å². The zero-order valence-electron chi connectivity index (χ0n) is 24.1. The second kappa shape index (κ2) is 17.6. The van der Waals surface area contributed by atoms with Gasteiger partial charge in [-0.05, 0) is 5.41 Å². The molecule has 0 bridgehead atoms. The average molecular weight is 608 g/mol. The van der Waals surface area contributed by atoms with Gasteiger partial charge in [-0.15, -0.1) is 5.10 Å². The Morgan fingerprint density at radius 2 is 1.55 bits per heavy atom. The van der Waals surface area contributed by atoms with Crippen molar-refractivity contribution < 1.29 is 52.1 Å². The number of ether oxygens (including phenoxy) is 1. The number of amides is 1. The first-order valence-corrected chi connectivity index (χ1v) is 12.5. The quantitative estimate of drug-likeness (QED) is 0.373. The number of ketones is 1. The second-order valence-electron chi connectivity index (χ2n) is 11.2. The van der Waals surface area contributed by atoms with Crippen LogP contribution in [0.25, 0.3) is 5.69 Å². The number of nitrogens with zero attached hydrogens (tertiary/aromatic N) is 7. The molecule has 1 saturated heterocycles. The normalized spacial score (nSPS) is 13.4. The van der Waals surface area contributed by atoms with Gasteiger partial charge in [-0.2, -0.15) is 0 Å². The first-order valence-electron chi connectivity index (χ1n) is 12.5. The van der Waals surface area contributed by atoms with Crippen LogP contribution in [0.5, 0.6) is 0 Å². The van der Waals surface area contributed by atoms with E-state index in [-0.39, 0.29) is 56.4 Å². The van der Waals surface area contributed by atoms with E-state index in [0.717, 1.165) is 5.69 Å². The van der Waals surface area contributed by atoms with Crippen molar-refractivity contribution in [2.24, 2.45) is 10.8 Å². The van der Waals surface area contributed by atoms with Crippen LogP contribution in [0.1, 0.15) is 54.9 Å². The van der Waals surface area contributed by atoms with Gasteiger partial charge < -0.3 is 31.4 Å². The Bertz CT molecular complexity index is 913. The Hall–Kier alpha value is -1.95. The van der Waals surface area contributed by atoms with E-state index in [1.807, 2.05) is 25.7 Å². The topological polar surface area (TPSA) is 127 Å². The fraction of sp³-hybridized carbons (Fsp3) is 0.654. The van der Waals surface area contributed by atoms with Gasteiger partial charge in [0.05, 0.1) is 50.5 Å². The zero-order chi connectivity index (χ0) is 28.1. The van der Waals surface area contributed by atoms with Crippen LogP contribution in [-0.4, -0.2) is 92.7 Å². The number of anilines is 1. The second-order valence-corrected chi connectivity index (χ2v) is 11.2. The van der Waals surface area contributed by atoms with Crippen molar-refractivity contribution in [2.75, 3.05) is 50.9 Å². The van der Waals surface area contributed by atoms with Crippen molar-refractivity contribution >= 4 is 17.6 Å². The van der Waals surface area contributed by atoms with Gasteiger partial charge in [-0.3, -0.25) is 4.79 Å². The number of aliphatic hydroxyl groups is 1. The summed E-state index contributed by atoms with van der Waals surface area (Å²) >= 11 is 0. The van der Waals surface area contributed by atoms with E-state index >= 15 is 0 Å². The molecule has 38 heavy (non-hydrogen) atoms. The molecule has 0 spiro atoms. The summed E-state index contributed by atoms with van der Waals surface area (Å²) in [4.78, 5) is 34.9. The number of rotatable bonds is 7. The number of hydrogen-bond acceptors (Lipinski definition) is 9. The Labute approximate surface area is 252 Å². The Kier molecular flexibility index (Phi) is 16.7. The van der Waals surface area contributed by atoms with Gasteiger partial charge in [0.25, 0.3) is 0 Å². The SMILES string of the molecule is CC(C)(C)C.CC(C)(C)C(=O)CCOCCO.[CH2-]C(=O)N1CCN(c2ncc(-n3ccnn3)cn2)CC1.[Y]. The maximum Gasteiger partial charge on any atom is 0.225 e. The van der Waals surface area contributed by atoms with Crippen LogP contribution in [0.3, 0.4) is 0 Å². The first kappa shape index (κ1) is 36.1. The molecule has 2 aromatic rings. The van der Waals surface area contributed by atoms with Crippen LogP contribution >= 0.6 is 0 Å². The predicted octanol–water partition coefficient (Wildman–Crippen LogP) is 2.59. The van der Waals surface area contributed by atoms with Crippen LogP contribution in [0.4, 0.5) is 5.95 Å². The average Bonchev–Trinajstić information content (AvgIpc) is 3.36. The monoisotopic (exact) mass is 607 g/mol. The molecule has 12 heteroatoms. The largest absolute Gasteiger partial charge is 0.394 e. The molecule has 1 radical (unpaired) electrons. The molecular weight excluding hydrogens is 563 g/mol. The van der Waals surface area contributed by atoms with E-state index in [1.54, 1.807) is 34.4 Å². The molecule has 0 atom stereocenters. The molecule has 1 N–H and O–H groups in total. The Balaban J connectivity index is 0.000000654. The minimum absolute atomic E-state index is 0. The van der Waals surface area contributed by atoms with Crippen LogP contribution in [0.2, 0.25) is 0 Å². The predicted molar refractivity (Wildman–Crippen MR) is 143 cm³/mol. The molecule has 0 aliphatic carbocycles.